The lowest BCUT2D eigenvalue weighted by atomic mass is 10.2. The monoisotopic (exact) mass is 346 g/mol. The minimum absolute atomic E-state index is 0.212. The molecule has 7 heteroatoms. The van der Waals surface area contributed by atoms with E-state index in [1.165, 1.54) is 12.1 Å². The minimum atomic E-state index is -3.45. The van der Waals surface area contributed by atoms with E-state index >= 15 is 0 Å². The van der Waals surface area contributed by atoms with Gasteiger partial charge in [0.2, 0.25) is 10.0 Å². The molecule has 0 spiro atoms. The SMILES string of the molecule is O=S(=O)(NCCCCN1CCCC1CO)c1ccc(Cl)cc1. The Kier molecular flexibility index (Phi) is 6.65. The Morgan fingerprint density at radius 2 is 2.00 bits per heavy atom. The van der Waals surface area contributed by atoms with Crippen molar-refractivity contribution in [1.82, 2.24) is 9.62 Å². The molecule has 0 amide bonds. The molecule has 1 aromatic carbocycles. The van der Waals surface area contributed by atoms with E-state index in [-0.39, 0.29) is 17.5 Å². The Hall–Kier alpha value is -0.660. The molecule has 0 bridgehead atoms. The zero-order valence-electron chi connectivity index (χ0n) is 12.5. The summed E-state index contributed by atoms with van der Waals surface area (Å²) in [5, 5.41) is 9.77. The molecule has 0 aromatic heterocycles. The van der Waals surface area contributed by atoms with Crippen LogP contribution in [0.4, 0.5) is 0 Å². The molecule has 124 valence electrons. The van der Waals surface area contributed by atoms with Crippen LogP contribution in [0, 0.1) is 0 Å². The lowest BCUT2D eigenvalue weighted by Crippen LogP contribution is -2.33. The number of benzene rings is 1. The van der Waals surface area contributed by atoms with Gasteiger partial charge in [0.1, 0.15) is 0 Å². The molecule has 1 unspecified atom stereocenters. The number of aliphatic hydroxyl groups is 1. The average Bonchev–Trinajstić information content (AvgIpc) is 2.94. The number of sulfonamides is 1. The molecule has 5 nitrogen and oxygen atoms in total. The van der Waals surface area contributed by atoms with E-state index in [1.54, 1.807) is 12.1 Å². The number of unbranched alkanes of at least 4 members (excludes halogenated alkanes) is 1. The van der Waals surface area contributed by atoms with E-state index in [0.717, 1.165) is 38.8 Å². The van der Waals surface area contributed by atoms with Crippen LogP contribution in [0.2, 0.25) is 5.02 Å². The highest BCUT2D eigenvalue weighted by Crippen LogP contribution is 2.17. The van der Waals surface area contributed by atoms with Gasteiger partial charge in [-0.05, 0) is 63.0 Å². The van der Waals surface area contributed by atoms with E-state index in [1.807, 2.05) is 0 Å². The first-order valence-electron chi connectivity index (χ1n) is 7.63. The summed E-state index contributed by atoms with van der Waals surface area (Å²) in [6, 6.07) is 6.42. The van der Waals surface area contributed by atoms with Gasteiger partial charge >= 0.3 is 0 Å². The van der Waals surface area contributed by atoms with Crippen molar-refractivity contribution in [2.75, 3.05) is 26.2 Å². The van der Waals surface area contributed by atoms with E-state index in [2.05, 4.69) is 9.62 Å². The van der Waals surface area contributed by atoms with Crippen LogP contribution in [0.25, 0.3) is 0 Å². The van der Waals surface area contributed by atoms with Gasteiger partial charge in [-0.2, -0.15) is 0 Å². The molecule has 1 saturated heterocycles. The lowest BCUT2D eigenvalue weighted by molar-refractivity contribution is 0.157. The summed E-state index contributed by atoms with van der Waals surface area (Å²) in [4.78, 5) is 2.52. The van der Waals surface area contributed by atoms with E-state index in [0.29, 0.717) is 11.6 Å². The molecular formula is C15H23ClN2O3S. The summed E-state index contributed by atoms with van der Waals surface area (Å²) in [7, 11) is -3.45. The maximum absolute atomic E-state index is 12.1. The molecule has 1 aliphatic heterocycles. The van der Waals surface area contributed by atoms with Crippen LogP contribution >= 0.6 is 11.6 Å². The van der Waals surface area contributed by atoms with Crippen LogP contribution in [-0.4, -0.2) is 50.7 Å². The highest BCUT2D eigenvalue weighted by Gasteiger charge is 2.22. The van der Waals surface area contributed by atoms with Crippen molar-refractivity contribution in [3.8, 4) is 0 Å². The van der Waals surface area contributed by atoms with Crippen molar-refractivity contribution in [2.24, 2.45) is 0 Å². The second-order valence-corrected chi connectivity index (χ2v) is 7.78. The van der Waals surface area contributed by atoms with Crippen LogP contribution in [0.3, 0.4) is 0 Å². The van der Waals surface area contributed by atoms with Crippen molar-refractivity contribution >= 4 is 21.6 Å². The third-order valence-corrected chi connectivity index (χ3v) is 5.73. The molecule has 1 heterocycles. The fraction of sp³-hybridized carbons (Fsp3) is 0.600. The number of halogens is 1. The molecule has 1 atom stereocenters. The van der Waals surface area contributed by atoms with Crippen molar-refractivity contribution in [3.63, 3.8) is 0 Å². The highest BCUT2D eigenvalue weighted by molar-refractivity contribution is 7.89. The molecule has 1 aliphatic rings. The van der Waals surface area contributed by atoms with E-state index in [9.17, 15) is 13.5 Å². The molecule has 2 rings (SSSR count). The van der Waals surface area contributed by atoms with E-state index in [4.69, 9.17) is 11.6 Å². The quantitative estimate of drug-likeness (QED) is 0.705. The second kappa shape index (κ2) is 8.26. The zero-order chi connectivity index (χ0) is 16.0. The van der Waals surface area contributed by atoms with Crippen molar-refractivity contribution in [1.29, 1.82) is 0 Å². The molecule has 0 saturated carbocycles. The van der Waals surface area contributed by atoms with Gasteiger partial charge in [-0.25, -0.2) is 13.1 Å². The lowest BCUT2D eigenvalue weighted by Gasteiger charge is -2.22. The largest absolute Gasteiger partial charge is 0.395 e. The zero-order valence-corrected chi connectivity index (χ0v) is 14.1. The van der Waals surface area contributed by atoms with Gasteiger partial charge in [0.15, 0.2) is 0 Å². The topological polar surface area (TPSA) is 69.6 Å². The first kappa shape index (κ1) is 17.7. The Morgan fingerprint density at radius 1 is 1.27 bits per heavy atom. The maximum atomic E-state index is 12.1. The number of likely N-dealkylation sites (tertiary alicyclic amines) is 1. The van der Waals surface area contributed by atoms with Crippen LogP contribution < -0.4 is 4.72 Å². The van der Waals surface area contributed by atoms with Crippen LogP contribution in [-0.2, 0) is 10.0 Å². The highest BCUT2D eigenvalue weighted by atomic mass is 35.5. The molecule has 2 N–H and O–H groups in total. The Balaban J connectivity index is 1.71. The Labute approximate surface area is 137 Å². The second-order valence-electron chi connectivity index (χ2n) is 5.57. The van der Waals surface area contributed by atoms with Gasteiger partial charge in [0.25, 0.3) is 0 Å². The summed E-state index contributed by atoms with van der Waals surface area (Å²) in [5.41, 5.74) is 0. The molecule has 0 radical (unpaired) electrons. The van der Waals surface area contributed by atoms with Gasteiger partial charge in [-0.15, -0.1) is 0 Å². The molecule has 0 aliphatic carbocycles. The third-order valence-electron chi connectivity index (χ3n) is 4.00. The fourth-order valence-electron chi connectivity index (χ4n) is 2.74. The molecular weight excluding hydrogens is 324 g/mol. The van der Waals surface area contributed by atoms with Gasteiger partial charge < -0.3 is 5.11 Å². The summed E-state index contributed by atoms with van der Waals surface area (Å²) in [6.07, 6.45) is 3.88. The van der Waals surface area contributed by atoms with Gasteiger partial charge in [0, 0.05) is 17.6 Å². The van der Waals surface area contributed by atoms with Crippen LogP contribution in [0.5, 0.6) is 0 Å². The summed E-state index contributed by atoms with van der Waals surface area (Å²) >= 11 is 5.76. The smallest absolute Gasteiger partial charge is 0.240 e. The Morgan fingerprint density at radius 3 is 2.68 bits per heavy atom. The normalized spacial score (nSPS) is 19.6. The summed E-state index contributed by atoms with van der Waals surface area (Å²) in [6.45, 7) is 2.57. The van der Waals surface area contributed by atoms with Gasteiger partial charge in [-0.3, -0.25) is 4.90 Å². The van der Waals surface area contributed by atoms with Gasteiger partial charge in [-0.1, -0.05) is 11.6 Å². The first-order valence-corrected chi connectivity index (χ1v) is 9.49. The number of hydrogen-bond acceptors (Lipinski definition) is 4. The predicted molar refractivity (Wildman–Crippen MR) is 87.6 cm³/mol. The van der Waals surface area contributed by atoms with Crippen molar-refractivity contribution in [2.45, 2.75) is 36.6 Å². The Bertz CT molecular complexity index is 563. The van der Waals surface area contributed by atoms with Crippen molar-refractivity contribution in [3.05, 3.63) is 29.3 Å². The fourth-order valence-corrected chi connectivity index (χ4v) is 3.94. The van der Waals surface area contributed by atoms with Crippen molar-refractivity contribution < 1.29 is 13.5 Å². The summed E-state index contributed by atoms with van der Waals surface area (Å²) < 4.78 is 26.7. The number of aliphatic hydroxyl groups excluding tert-OH is 1. The minimum Gasteiger partial charge on any atom is -0.395 e. The average molecular weight is 347 g/mol. The van der Waals surface area contributed by atoms with Gasteiger partial charge in [0.05, 0.1) is 11.5 Å². The molecule has 22 heavy (non-hydrogen) atoms. The van der Waals surface area contributed by atoms with E-state index < -0.39 is 10.0 Å². The number of rotatable bonds is 8. The third kappa shape index (κ3) is 4.93. The predicted octanol–water partition coefficient (Wildman–Crippen LogP) is 1.86. The number of nitrogens with zero attached hydrogens (tertiary/aromatic N) is 1. The van der Waals surface area contributed by atoms with Crippen LogP contribution in [0.15, 0.2) is 29.2 Å². The maximum Gasteiger partial charge on any atom is 0.240 e. The summed E-state index contributed by atoms with van der Waals surface area (Å²) in [5.74, 6) is 0. The van der Waals surface area contributed by atoms with Crippen LogP contribution in [0.1, 0.15) is 25.7 Å². The molecule has 1 fully saturated rings. The first-order chi connectivity index (χ1) is 10.5. The number of nitrogens with one attached hydrogen (secondary N) is 1. The standard InChI is InChI=1S/C15H23ClN2O3S/c16-13-5-7-15(8-6-13)22(20,21)17-9-1-2-10-18-11-3-4-14(18)12-19/h5-8,14,17,19H,1-4,9-12H2. The number of hydrogen-bond donors (Lipinski definition) is 2. The molecule has 1 aromatic rings.